The summed E-state index contributed by atoms with van der Waals surface area (Å²) in [6.07, 6.45) is 1.47. The maximum Gasteiger partial charge on any atom is 0.165 e. The zero-order valence-corrected chi connectivity index (χ0v) is 11.1. The zero-order chi connectivity index (χ0) is 14.8. The van der Waals surface area contributed by atoms with E-state index in [1.807, 2.05) is 12.1 Å². The quantitative estimate of drug-likeness (QED) is 0.692. The predicted octanol–water partition coefficient (Wildman–Crippen LogP) is 3.67. The standard InChI is InChI=1S/C16H13F2NO2/c17-14-3-1-2-11(16(14)18)9-21-12-5-6-13-10(8-12)4-7-15(13)19-20/h1-3,5-6,8,20H,4,7,9H2/b19-15-. The SMILES string of the molecule is O/N=C1/CCc2cc(OCc3cccc(F)c3F)ccc21. The van der Waals surface area contributed by atoms with E-state index in [-0.39, 0.29) is 12.2 Å². The minimum absolute atomic E-state index is 0.0384. The normalized spacial score (nSPS) is 15.2. The van der Waals surface area contributed by atoms with E-state index in [2.05, 4.69) is 5.16 Å². The molecule has 0 amide bonds. The van der Waals surface area contributed by atoms with Gasteiger partial charge in [0.15, 0.2) is 11.6 Å². The molecule has 3 nitrogen and oxygen atoms in total. The number of halogens is 2. The molecule has 1 aliphatic carbocycles. The second-order valence-corrected chi connectivity index (χ2v) is 4.87. The van der Waals surface area contributed by atoms with Gasteiger partial charge in [-0.15, -0.1) is 0 Å². The van der Waals surface area contributed by atoms with E-state index >= 15 is 0 Å². The van der Waals surface area contributed by atoms with Gasteiger partial charge in [0.05, 0.1) is 5.71 Å². The molecule has 3 rings (SSSR count). The molecular weight excluding hydrogens is 276 g/mol. The summed E-state index contributed by atoms with van der Waals surface area (Å²) in [6.45, 7) is -0.0384. The van der Waals surface area contributed by atoms with Gasteiger partial charge in [-0.2, -0.15) is 0 Å². The second kappa shape index (κ2) is 5.52. The lowest BCUT2D eigenvalue weighted by molar-refractivity contribution is 0.297. The Kier molecular flexibility index (Phi) is 3.56. The van der Waals surface area contributed by atoms with E-state index in [1.54, 1.807) is 6.07 Å². The lowest BCUT2D eigenvalue weighted by atomic mass is 10.1. The van der Waals surface area contributed by atoms with E-state index in [0.29, 0.717) is 17.9 Å². The lowest BCUT2D eigenvalue weighted by Gasteiger charge is -2.09. The molecule has 0 radical (unpaired) electrons. The number of benzene rings is 2. The van der Waals surface area contributed by atoms with Crippen LogP contribution in [-0.2, 0) is 13.0 Å². The third kappa shape index (κ3) is 2.59. The molecule has 0 heterocycles. The van der Waals surface area contributed by atoms with Crippen LogP contribution in [0, 0.1) is 11.6 Å². The van der Waals surface area contributed by atoms with Crippen LogP contribution in [0.1, 0.15) is 23.1 Å². The van der Waals surface area contributed by atoms with Gasteiger partial charge in [0.1, 0.15) is 12.4 Å². The molecule has 0 bridgehead atoms. The Morgan fingerprint density at radius 2 is 2.00 bits per heavy atom. The second-order valence-electron chi connectivity index (χ2n) is 4.87. The molecule has 108 valence electrons. The van der Waals surface area contributed by atoms with Crippen molar-refractivity contribution in [3.8, 4) is 5.75 Å². The van der Waals surface area contributed by atoms with Crippen molar-refractivity contribution in [1.29, 1.82) is 0 Å². The summed E-state index contributed by atoms with van der Waals surface area (Å²) in [7, 11) is 0. The molecule has 0 aliphatic heterocycles. The summed E-state index contributed by atoms with van der Waals surface area (Å²) >= 11 is 0. The van der Waals surface area contributed by atoms with E-state index < -0.39 is 11.6 Å². The van der Waals surface area contributed by atoms with Crippen LogP contribution in [0.4, 0.5) is 8.78 Å². The topological polar surface area (TPSA) is 41.8 Å². The molecule has 5 heteroatoms. The van der Waals surface area contributed by atoms with Gasteiger partial charge in [-0.1, -0.05) is 17.3 Å². The number of rotatable bonds is 3. The fourth-order valence-corrected chi connectivity index (χ4v) is 2.46. The molecule has 2 aromatic carbocycles. The fourth-order valence-electron chi connectivity index (χ4n) is 2.46. The average molecular weight is 289 g/mol. The Balaban J connectivity index is 1.76. The number of aryl methyl sites for hydroxylation is 1. The Morgan fingerprint density at radius 1 is 1.14 bits per heavy atom. The molecule has 21 heavy (non-hydrogen) atoms. The van der Waals surface area contributed by atoms with Gasteiger partial charge in [0.25, 0.3) is 0 Å². The maximum atomic E-state index is 13.5. The third-order valence-corrected chi connectivity index (χ3v) is 3.57. The molecule has 0 atom stereocenters. The van der Waals surface area contributed by atoms with Crippen LogP contribution in [0.2, 0.25) is 0 Å². The van der Waals surface area contributed by atoms with Crippen LogP contribution in [0.3, 0.4) is 0 Å². The molecule has 0 saturated heterocycles. The third-order valence-electron chi connectivity index (χ3n) is 3.57. The molecule has 2 aromatic rings. The minimum atomic E-state index is -0.881. The highest BCUT2D eigenvalue weighted by atomic mass is 19.2. The Morgan fingerprint density at radius 3 is 2.81 bits per heavy atom. The largest absolute Gasteiger partial charge is 0.489 e. The number of fused-ring (bicyclic) bond motifs is 1. The van der Waals surface area contributed by atoms with E-state index in [9.17, 15) is 8.78 Å². The predicted molar refractivity (Wildman–Crippen MR) is 73.8 cm³/mol. The molecule has 0 saturated carbocycles. The minimum Gasteiger partial charge on any atom is -0.489 e. The van der Waals surface area contributed by atoms with Gasteiger partial charge in [0.2, 0.25) is 0 Å². The number of nitrogens with zero attached hydrogens (tertiary/aromatic N) is 1. The zero-order valence-electron chi connectivity index (χ0n) is 11.1. The van der Waals surface area contributed by atoms with Gasteiger partial charge in [-0.3, -0.25) is 0 Å². The van der Waals surface area contributed by atoms with E-state index in [4.69, 9.17) is 9.94 Å². The molecule has 0 aromatic heterocycles. The fraction of sp³-hybridized carbons (Fsp3) is 0.188. The van der Waals surface area contributed by atoms with Crippen molar-refractivity contribution in [2.75, 3.05) is 0 Å². The van der Waals surface area contributed by atoms with Crippen molar-refractivity contribution in [3.05, 3.63) is 64.7 Å². The highest BCUT2D eigenvalue weighted by Gasteiger charge is 2.18. The lowest BCUT2D eigenvalue weighted by Crippen LogP contribution is -2.01. The Hall–Kier alpha value is -2.43. The highest BCUT2D eigenvalue weighted by Crippen LogP contribution is 2.27. The summed E-state index contributed by atoms with van der Waals surface area (Å²) in [5.74, 6) is -1.18. The Labute approximate surface area is 120 Å². The van der Waals surface area contributed by atoms with Crippen molar-refractivity contribution in [1.82, 2.24) is 0 Å². The number of ether oxygens (including phenoxy) is 1. The van der Waals surface area contributed by atoms with Crippen LogP contribution in [0.5, 0.6) is 5.75 Å². The van der Waals surface area contributed by atoms with Gasteiger partial charge in [-0.05, 0) is 42.7 Å². The summed E-state index contributed by atoms with van der Waals surface area (Å²) < 4.78 is 32.1. The van der Waals surface area contributed by atoms with Gasteiger partial charge >= 0.3 is 0 Å². The van der Waals surface area contributed by atoms with Crippen molar-refractivity contribution < 1.29 is 18.7 Å². The smallest absolute Gasteiger partial charge is 0.165 e. The van der Waals surface area contributed by atoms with Crippen LogP contribution >= 0.6 is 0 Å². The van der Waals surface area contributed by atoms with E-state index in [1.165, 1.54) is 12.1 Å². The van der Waals surface area contributed by atoms with Crippen LogP contribution < -0.4 is 4.74 Å². The average Bonchev–Trinajstić information content (AvgIpc) is 2.91. The maximum absolute atomic E-state index is 13.5. The Bertz CT molecular complexity index is 713. The number of oxime groups is 1. The number of hydrogen-bond donors (Lipinski definition) is 1. The van der Waals surface area contributed by atoms with Crippen molar-refractivity contribution in [2.24, 2.45) is 5.16 Å². The molecule has 0 fully saturated rings. The first-order valence-electron chi connectivity index (χ1n) is 6.59. The first kappa shape index (κ1) is 13.5. The summed E-state index contributed by atoms with van der Waals surface area (Å²) in [6, 6.07) is 9.39. The first-order valence-corrected chi connectivity index (χ1v) is 6.59. The highest BCUT2D eigenvalue weighted by molar-refractivity contribution is 6.04. The van der Waals surface area contributed by atoms with Crippen molar-refractivity contribution in [2.45, 2.75) is 19.4 Å². The van der Waals surface area contributed by atoms with Crippen LogP contribution in [0.15, 0.2) is 41.6 Å². The molecular formula is C16H13F2NO2. The number of hydrogen-bond acceptors (Lipinski definition) is 3. The van der Waals surface area contributed by atoms with Crippen molar-refractivity contribution >= 4 is 5.71 Å². The summed E-state index contributed by atoms with van der Waals surface area (Å²) in [5.41, 5.74) is 2.77. The van der Waals surface area contributed by atoms with Crippen molar-refractivity contribution in [3.63, 3.8) is 0 Å². The molecule has 1 N–H and O–H groups in total. The van der Waals surface area contributed by atoms with E-state index in [0.717, 1.165) is 23.6 Å². The van der Waals surface area contributed by atoms with Crippen LogP contribution in [-0.4, -0.2) is 10.9 Å². The van der Waals surface area contributed by atoms with Gasteiger partial charge in [-0.25, -0.2) is 8.78 Å². The summed E-state index contributed by atoms with van der Waals surface area (Å²) in [4.78, 5) is 0. The molecule has 1 aliphatic rings. The molecule has 0 unspecified atom stereocenters. The van der Waals surface area contributed by atoms with Gasteiger partial charge < -0.3 is 9.94 Å². The monoisotopic (exact) mass is 289 g/mol. The summed E-state index contributed by atoms with van der Waals surface area (Å²) in [5, 5.41) is 12.1. The first-order chi connectivity index (χ1) is 10.2. The van der Waals surface area contributed by atoms with Crippen LogP contribution in [0.25, 0.3) is 0 Å². The van der Waals surface area contributed by atoms with Gasteiger partial charge in [0, 0.05) is 11.1 Å². The molecule has 0 spiro atoms.